The van der Waals surface area contributed by atoms with E-state index in [4.69, 9.17) is 9.84 Å². The molecule has 0 aromatic carbocycles. The normalized spacial score (nSPS) is 16.1. The van der Waals surface area contributed by atoms with E-state index in [9.17, 15) is 9.59 Å². The number of carboxylic acid groups (broad SMARTS) is 1. The quantitative estimate of drug-likeness (QED) is 0.679. The van der Waals surface area contributed by atoms with Gasteiger partial charge in [0.05, 0.1) is 19.9 Å². The Hall–Kier alpha value is -2.05. The zero-order valence-electron chi connectivity index (χ0n) is 9.97. The van der Waals surface area contributed by atoms with E-state index in [2.05, 4.69) is 15.3 Å². The number of carbonyl (C=O) groups is 1. The number of aliphatic carboxylic acids is 1. The lowest BCUT2D eigenvalue weighted by Crippen LogP contribution is -2.27. The Morgan fingerprint density at radius 3 is 3.00 bits per heavy atom. The molecule has 1 aliphatic carbocycles. The minimum absolute atomic E-state index is 0.00228. The van der Waals surface area contributed by atoms with Gasteiger partial charge in [-0.3, -0.25) is 9.59 Å². The van der Waals surface area contributed by atoms with Crippen LogP contribution in [0.5, 0.6) is 5.75 Å². The smallest absolute Gasteiger partial charge is 0.305 e. The van der Waals surface area contributed by atoms with Crippen LogP contribution in [-0.2, 0) is 4.79 Å². The second-order valence-electron chi connectivity index (χ2n) is 4.30. The van der Waals surface area contributed by atoms with Crippen LogP contribution in [0, 0.1) is 5.92 Å². The molecule has 1 aromatic heterocycles. The second-order valence-corrected chi connectivity index (χ2v) is 4.30. The van der Waals surface area contributed by atoms with Gasteiger partial charge in [-0.15, -0.1) is 0 Å². The Morgan fingerprint density at radius 2 is 2.44 bits per heavy atom. The molecule has 0 aliphatic heterocycles. The fraction of sp³-hybridized carbons (Fsp3) is 0.545. The molecule has 1 aliphatic rings. The van der Waals surface area contributed by atoms with E-state index >= 15 is 0 Å². The molecule has 1 saturated carbocycles. The number of hydrogen-bond acceptors (Lipinski definition) is 5. The number of hydrogen-bond donors (Lipinski definition) is 3. The van der Waals surface area contributed by atoms with Crippen molar-refractivity contribution in [1.82, 2.24) is 9.97 Å². The van der Waals surface area contributed by atoms with Crippen molar-refractivity contribution in [2.75, 3.05) is 12.4 Å². The molecule has 18 heavy (non-hydrogen) atoms. The molecule has 2 rings (SSSR count). The van der Waals surface area contributed by atoms with Crippen molar-refractivity contribution in [3.63, 3.8) is 0 Å². The molecule has 0 saturated heterocycles. The number of aromatic nitrogens is 2. The zero-order chi connectivity index (χ0) is 13.1. The highest BCUT2D eigenvalue weighted by molar-refractivity contribution is 5.68. The largest absolute Gasteiger partial charge is 0.489 e. The summed E-state index contributed by atoms with van der Waals surface area (Å²) in [5.41, 5.74) is -0.389. The highest BCUT2D eigenvalue weighted by atomic mass is 16.5. The van der Waals surface area contributed by atoms with Crippen LogP contribution in [-0.4, -0.2) is 34.2 Å². The maximum Gasteiger partial charge on any atom is 0.305 e. The number of methoxy groups -OCH3 is 1. The predicted molar refractivity (Wildman–Crippen MR) is 63.8 cm³/mol. The third kappa shape index (κ3) is 2.79. The summed E-state index contributed by atoms with van der Waals surface area (Å²) in [6.45, 7) is 0. The molecule has 0 radical (unpaired) electrons. The first-order chi connectivity index (χ1) is 8.61. The van der Waals surface area contributed by atoms with Crippen molar-refractivity contribution in [3.05, 3.63) is 16.7 Å². The molecule has 98 valence electrons. The number of rotatable bonds is 6. The van der Waals surface area contributed by atoms with Gasteiger partial charge in [0.1, 0.15) is 0 Å². The number of nitrogens with zero attached hydrogens (tertiary/aromatic N) is 1. The molecule has 1 fully saturated rings. The van der Waals surface area contributed by atoms with Gasteiger partial charge in [0.15, 0.2) is 5.82 Å². The zero-order valence-corrected chi connectivity index (χ0v) is 9.97. The summed E-state index contributed by atoms with van der Waals surface area (Å²) in [5.74, 6) is -0.178. The molecule has 7 heteroatoms. The first-order valence-electron chi connectivity index (χ1n) is 5.72. The molecule has 0 bridgehead atoms. The van der Waals surface area contributed by atoms with Crippen LogP contribution in [0.3, 0.4) is 0 Å². The van der Waals surface area contributed by atoms with Crippen LogP contribution in [0.15, 0.2) is 11.1 Å². The summed E-state index contributed by atoms with van der Waals surface area (Å²) >= 11 is 0. The summed E-state index contributed by atoms with van der Waals surface area (Å²) in [7, 11) is 1.38. The van der Waals surface area contributed by atoms with Gasteiger partial charge in [0.2, 0.25) is 5.75 Å². The average molecular weight is 253 g/mol. The van der Waals surface area contributed by atoms with Crippen molar-refractivity contribution >= 4 is 11.8 Å². The van der Waals surface area contributed by atoms with E-state index in [0.717, 1.165) is 12.8 Å². The minimum atomic E-state index is -0.872. The number of H-pyrrole nitrogens is 1. The lowest BCUT2D eigenvalue weighted by Gasteiger charge is -2.17. The Kier molecular flexibility index (Phi) is 3.50. The summed E-state index contributed by atoms with van der Waals surface area (Å²) in [5, 5.41) is 11.9. The molecule has 3 N–H and O–H groups in total. The first-order valence-corrected chi connectivity index (χ1v) is 5.72. The molecule has 1 aromatic rings. The molecule has 0 amide bonds. The number of anilines is 1. The van der Waals surface area contributed by atoms with Crippen molar-refractivity contribution in [3.8, 4) is 5.75 Å². The predicted octanol–water partition coefficient (Wildman–Crippen LogP) is 0.444. The third-order valence-electron chi connectivity index (χ3n) is 2.92. The van der Waals surface area contributed by atoms with E-state index < -0.39 is 5.97 Å². The molecule has 0 spiro atoms. The monoisotopic (exact) mass is 253 g/mol. The third-order valence-corrected chi connectivity index (χ3v) is 2.92. The highest BCUT2D eigenvalue weighted by Crippen LogP contribution is 2.36. The maximum absolute atomic E-state index is 11.5. The van der Waals surface area contributed by atoms with Gasteiger partial charge in [-0.25, -0.2) is 4.98 Å². The highest BCUT2D eigenvalue weighted by Gasteiger charge is 2.33. The summed E-state index contributed by atoms with van der Waals surface area (Å²) in [6.07, 6.45) is 3.26. The molecular formula is C11H15N3O4. The van der Waals surface area contributed by atoms with Gasteiger partial charge in [0, 0.05) is 6.04 Å². The van der Waals surface area contributed by atoms with Crippen LogP contribution in [0.4, 0.5) is 5.82 Å². The molecule has 1 atom stereocenters. The van der Waals surface area contributed by atoms with E-state index in [1.165, 1.54) is 13.4 Å². The van der Waals surface area contributed by atoms with Crippen molar-refractivity contribution in [2.24, 2.45) is 5.92 Å². The summed E-state index contributed by atoms with van der Waals surface area (Å²) in [4.78, 5) is 28.7. The first kappa shape index (κ1) is 12.4. The fourth-order valence-corrected chi connectivity index (χ4v) is 1.88. The van der Waals surface area contributed by atoms with Crippen molar-refractivity contribution < 1.29 is 14.6 Å². The van der Waals surface area contributed by atoms with E-state index in [1.807, 2.05) is 0 Å². The van der Waals surface area contributed by atoms with E-state index in [1.54, 1.807) is 0 Å². The van der Waals surface area contributed by atoms with Gasteiger partial charge in [-0.1, -0.05) is 0 Å². The van der Waals surface area contributed by atoms with Gasteiger partial charge in [0.25, 0.3) is 5.56 Å². The van der Waals surface area contributed by atoms with Gasteiger partial charge < -0.3 is 20.1 Å². The number of ether oxygens (including phenoxy) is 1. The van der Waals surface area contributed by atoms with E-state index in [0.29, 0.717) is 11.7 Å². The molecule has 1 heterocycles. The lowest BCUT2D eigenvalue weighted by atomic mass is 10.1. The van der Waals surface area contributed by atoms with Crippen molar-refractivity contribution in [1.29, 1.82) is 0 Å². The SMILES string of the molecule is COc1c(NC(CC(=O)O)C2CC2)nc[nH]c1=O. The Balaban J connectivity index is 2.18. The lowest BCUT2D eigenvalue weighted by molar-refractivity contribution is -0.137. The summed E-state index contributed by atoms with van der Waals surface area (Å²) < 4.78 is 4.97. The van der Waals surface area contributed by atoms with E-state index in [-0.39, 0.29) is 23.8 Å². The van der Waals surface area contributed by atoms with Crippen LogP contribution in [0.1, 0.15) is 19.3 Å². The van der Waals surface area contributed by atoms with Gasteiger partial charge in [-0.05, 0) is 18.8 Å². The number of nitrogens with one attached hydrogen (secondary N) is 2. The second kappa shape index (κ2) is 5.07. The molecule has 7 nitrogen and oxygen atoms in total. The Labute approximate surface area is 103 Å². The summed E-state index contributed by atoms with van der Waals surface area (Å²) in [6, 6.07) is -0.217. The topological polar surface area (TPSA) is 104 Å². The van der Waals surface area contributed by atoms with Gasteiger partial charge in [-0.2, -0.15) is 0 Å². The van der Waals surface area contributed by atoms with Crippen molar-refractivity contribution in [2.45, 2.75) is 25.3 Å². The molecular weight excluding hydrogens is 238 g/mol. The van der Waals surface area contributed by atoms with Crippen LogP contribution >= 0.6 is 0 Å². The van der Waals surface area contributed by atoms with Gasteiger partial charge >= 0.3 is 5.97 Å². The fourth-order valence-electron chi connectivity index (χ4n) is 1.88. The van der Waals surface area contributed by atoms with Crippen LogP contribution in [0.25, 0.3) is 0 Å². The standard InChI is InChI=1S/C11H15N3O4/c1-18-9-10(12-5-13-11(9)17)14-7(4-8(15)16)6-2-3-6/h5-7H,2-4H2,1H3,(H,15,16)(H2,12,13,14,17). The number of carboxylic acids is 1. The number of aromatic amines is 1. The average Bonchev–Trinajstić information content (AvgIpc) is 3.11. The van der Waals surface area contributed by atoms with Crippen LogP contribution < -0.4 is 15.6 Å². The minimum Gasteiger partial charge on any atom is -0.489 e. The molecule has 1 unspecified atom stereocenters. The Morgan fingerprint density at radius 1 is 1.72 bits per heavy atom. The maximum atomic E-state index is 11.5. The van der Waals surface area contributed by atoms with Crippen LogP contribution in [0.2, 0.25) is 0 Å². The Bertz CT molecular complexity index is 495.